The second-order valence-corrected chi connectivity index (χ2v) is 7.90. The number of para-hydroxylation sites is 1. The van der Waals surface area contributed by atoms with Crippen molar-refractivity contribution in [3.63, 3.8) is 0 Å². The first-order valence-electron chi connectivity index (χ1n) is 9.48. The molecule has 9 nitrogen and oxygen atoms in total. The Labute approximate surface area is 191 Å². The topological polar surface area (TPSA) is 122 Å². The number of hydrogen-bond acceptors (Lipinski definition) is 6. The Bertz CT molecular complexity index is 1160. The molecular weight excluding hydrogens is 461 g/mol. The Hall–Kier alpha value is -3.43. The van der Waals surface area contributed by atoms with Gasteiger partial charge in [-0.3, -0.25) is 34.2 Å². The number of rotatable bonds is 5. The van der Waals surface area contributed by atoms with Crippen molar-refractivity contribution in [2.75, 3.05) is 11.9 Å². The fraction of sp³-hybridized carbons (Fsp3) is 0.190. The molecule has 2 N–H and O–H groups in total. The number of anilines is 1. The molecule has 0 saturated carbocycles. The summed E-state index contributed by atoms with van der Waals surface area (Å²) >= 11 is 12.0. The van der Waals surface area contributed by atoms with Crippen LogP contribution < -0.4 is 15.4 Å². The van der Waals surface area contributed by atoms with E-state index in [9.17, 15) is 24.0 Å². The van der Waals surface area contributed by atoms with Crippen molar-refractivity contribution >= 4 is 58.4 Å². The second-order valence-electron chi connectivity index (χ2n) is 7.09. The summed E-state index contributed by atoms with van der Waals surface area (Å²) in [4.78, 5) is 62.0. The average molecular weight is 476 g/mol. The molecule has 2 aliphatic rings. The summed E-state index contributed by atoms with van der Waals surface area (Å²) in [6.07, 6.45) is 0.0903. The van der Waals surface area contributed by atoms with Gasteiger partial charge in [0.25, 0.3) is 17.7 Å². The molecule has 11 heteroatoms. The molecule has 2 aliphatic heterocycles. The third-order valence-corrected chi connectivity index (χ3v) is 5.64. The van der Waals surface area contributed by atoms with E-state index in [-0.39, 0.29) is 45.5 Å². The number of nitrogens with one attached hydrogen (secondary N) is 2. The van der Waals surface area contributed by atoms with E-state index < -0.39 is 42.2 Å². The summed E-state index contributed by atoms with van der Waals surface area (Å²) in [6.45, 7) is -0.403. The molecule has 1 saturated heterocycles. The van der Waals surface area contributed by atoms with Crippen LogP contribution in [0.3, 0.4) is 0 Å². The third-order valence-electron chi connectivity index (χ3n) is 5.01. The molecule has 164 valence electrons. The van der Waals surface area contributed by atoms with E-state index in [0.29, 0.717) is 0 Å². The van der Waals surface area contributed by atoms with Gasteiger partial charge in [0.05, 0.1) is 26.9 Å². The lowest BCUT2D eigenvalue weighted by molar-refractivity contribution is -0.136. The first-order chi connectivity index (χ1) is 15.3. The van der Waals surface area contributed by atoms with Gasteiger partial charge in [0, 0.05) is 6.42 Å². The molecule has 2 aromatic rings. The lowest BCUT2D eigenvalue weighted by atomic mass is 10.0. The molecule has 0 bridgehead atoms. The van der Waals surface area contributed by atoms with Crippen molar-refractivity contribution in [1.82, 2.24) is 10.2 Å². The van der Waals surface area contributed by atoms with Gasteiger partial charge in [0.15, 0.2) is 6.61 Å². The number of ether oxygens (including phenoxy) is 1. The van der Waals surface area contributed by atoms with Gasteiger partial charge in [-0.1, -0.05) is 29.3 Å². The minimum absolute atomic E-state index is 0.0305. The normalized spacial score (nSPS) is 17.8. The summed E-state index contributed by atoms with van der Waals surface area (Å²) in [7, 11) is 0. The van der Waals surface area contributed by atoms with Gasteiger partial charge >= 0.3 is 0 Å². The Balaban J connectivity index is 1.45. The molecule has 32 heavy (non-hydrogen) atoms. The predicted octanol–water partition coefficient (Wildman–Crippen LogP) is 2.41. The number of amides is 5. The number of piperidine rings is 1. The van der Waals surface area contributed by atoms with E-state index in [1.807, 2.05) is 0 Å². The largest absolute Gasteiger partial charge is 0.484 e. The summed E-state index contributed by atoms with van der Waals surface area (Å²) < 4.78 is 5.44. The van der Waals surface area contributed by atoms with Crippen molar-refractivity contribution in [1.29, 1.82) is 0 Å². The van der Waals surface area contributed by atoms with Crippen molar-refractivity contribution in [3.8, 4) is 5.75 Å². The first kappa shape index (κ1) is 21.8. The van der Waals surface area contributed by atoms with Gasteiger partial charge in [0.1, 0.15) is 11.8 Å². The molecule has 1 unspecified atom stereocenters. The number of halogens is 2. The van der Waals surface area contributed by atoms with Crippen LogP contribution in [0, 0.1) is 0 Å². The van der Waals surface area contributed by atoms with Crippen LogP contribution in [0.4, 0.5) is 5.69 Å². The summed E-state index contributed by atoms with van der Waals surface area (Å²) in [5.41, 5.74) is 0.408. The quantitative estimate of drug-likeness (QED) is 0.640. The minimum Gasteiger partial charge on any atom is -0.484 e. The number of nitrogens with zero attached hydrogens (tertiary/aromatic N) is 1. The van der Waals surface area contributed by atoms with Gasteiger partial charge in [-0.15, -0.1) is 0 Å². The molecule has 2 heterocycles. The van der Waals surface area contributed by atoms with Crippen LogP contribution in [-0.2, 0) is 14.4 Å². The van der Waals surface area contributed by atoms with Gasteiger partial charge in [-0.05, 0) is 36.8 Å². The zero-order valence-corrected chi connectivity index (χ0v) is 17.8. The molecule has 2 aromatic carbocycles. The fourth-order valence-corrected chi connectivity index (χ4v) is 3.97. The molecule has 1 atom stereocenters. The van der Waals surface area contributed by atoms with Crippen LogP contribution in [0.5, 0.6) is 5.75 Å². The lowest BCUT2D eigenvalue weighted by Crippen LogP contribution is -2.54. The van der Waals surface area contributed by atoms with Gasteiger partial charge in [-0.25, -0.2) is 0 Å². The van der Waals surface area contributed by atoms with E-state index in [1.165, 1.54) is 18.2 Å². The van der Waals surface area contributed by atoms with E-state index in [0.717, 1.165) is 4.90 Å². The molecule has 5 amide bonds. The molecule has 1 fully saturated rings. The predicted molar refractivity (Wildman–Crippen MR) is 114 cm³/mol. The van der Waals surface area contributed by atoms with E-state index in [1.54, 1.807) is 18.2 Å². The first-order valence-corrected chi connectivity index (χ1v) is 10.2. The third kappa shape index (κ3) is 4.04. The lowest BCUT2D eigenvalue weighted by Gasteiger charge is -2.27. The summed E-state index contributed by atoms with van der Waals surface area (Å²) in [5, 5.41) is 5.21. The highest BCUT2D eigenvalue weighted by molar-refractivity contribution is 6.39. The zero-order valence-electron chi connectivity index (χ0n) is 16.3. The van der Waals surface area contributed by atoms with Crippen LogP contribution >= 0.6 is 23.2 Å². The van der Waals surface area contributed by atoms with E-state index >= 15 is 0 Å². The summed E-state index contributed by atoms with van der Waals surface area (Å²) in [6, 6.07) is 7.88. The highest BCUT2D eigenvalue weighted by Gasteiger charge is 2.44. The number of fused-ring (bicyclic) bond motifs is 1. The van der Waals surface area contributed by atoms with Gasteiger partial charge in [-0.2, -0.15) is 0 Å². The molecule has 0 aliphatic carbocycles. The Kier molecular flexibility index (Phi) is 5.86. The van der Waals surface area contributed by atoms with Crippen LogP contribution in [0.1, 0.15) is 33.6 Å². The zero-order chi connectivity index (χ0) is 23.0. The number of carbonyl (C=O) groups is 5. The fourth-order valence-electron chi connectivity index (χ4n) is 3.48. The van der Waals surface area contributed by atoms with Crippen molar-refractivity contribution in [2.45, 2.75) is 18.9 Å². The maximum atomic E-state index is 12.8. The Morgan fingerprint density at radius 3 is 2.44 bits per heavy atom. The number of benzene rings is 2. The maximum Gasteiger partial charge on any atom is 0.262 e. The Morgan fingerprint density at radius 1 is 1.06 bits per heavy atom. The molecule has 0 radical (unpaired) electrons. The standard InChI is InChI=1S/C21H15Cl2N3O6/c22-13-2-1-3-14(23)18(13)24-17(28)9-32-10-4-5-11-12(8-10)21(31)26(20(11)30)15-6-7-16(27)25-19(15)29/h1-5,8,15H,6-7,9H2,(H,24,28)(H,25,27,29). The average Bonchev–Trinajstić information content (AvgIpc) is 2.99. The SMILES string of the molecule is O=C1CCC(N2C(=O)c3ccc(OCC(=O)Nc4c(Cl)cccc4Cl)cc3C2=O)C(=O)N1. The van der Waals surface area contributed by atoms with Gasteiger partial charge in [0.2, 0.25) is 11.8 Å². The molecule has 0 spiro atoms. The molecule has 4 rings (SSSR count). The smallest absolute Gasteiger partial charge is 0.262 e. The number of carbonyl (C=O) groups excluding carboxylic acids is 5. The van der Waals surface area contributed by atoms with Crippen LogP contribution in [-0.4, -0.2) is 47.1 Å². The highest BCUT2D eigenvalue weighted by Crippen LogP contribution is 2.31. The number of imide groups is 2. The van der Waals surface area contributed by atoms with E-state index in [4.69, 9.17) is 27.9 Å². The van der Waals surface area contributed by atoms with Crippen LogP contribution in [0.2, 0.25) is 10.0 Å². The molecule has 0 aromatic heterocycles. The highest BCUT2D eigenvalue weighted by atomic mass is 35.5. The summed E-state index contributed by atoms with van der Waals surface area (Å²) in [5.74, 6) is -2.80. The number of hydrogen-bond donors (Lipinski definition) is 2. The molecular formula is C21H15Cl2N3O6. The van der Waals surface area contributed by atoms with Crippen molar-refractivity contribution in [2.24, 2.45) is 0 Å². The van der Waals surface area contributed by atoms with Gasteiger partial charge < -0.3 is 10.1 Å². The van der Waals surface area contributed by atoms with Crippen molar-refractivity contribution in [3.05, 3.63) is 57.6 Å². The maximum absolute atomic E-state index is 12.8. The second kappa shape index (κ2) is 8.60. The van der Waals surface area contributed by atoms with E-state index in [2.05, 4.69) is 10.6 Å². The van der Waals surface area contributed by atoms with Crippen molar-refractivity contribution < 1.29 is 28.7 Å². The Morgan fingerprint density at radius 2 is 1.75 bits per heavy atom. The minimum atomic E-state index is -1.06. The monoisotopic (exact) mass is 475 g/mol. The van der Waals surface area contributed by atoms with Crippen LogP contribution in [0.15, 0.2) is 36.4 Å². The van der Waals surface area contributed by atoms with Crippen LogP contribution in [0.25, 0.3) is 0 Å².